The molecule has 118 valence electrons. The summed E-state index contributed by atoms with van der Waals surface area (Å²) in [7, 11) is 0. The second-order valence-corrected chi connectivity index (χ2v) is 5.46. The Kier molecular flexibility index (Phi) is 6.62. The highest BCUT2D eigenvalue weighted by molar-refractivity contribution is 5.99. The topological polar surface area (TPSA) is 50.4 Å². The molecule has 1 rings (SSSR count). The minimum absolute atomic E-state index is 0.256. The third-order valence-corrected chi connectivity index (χ3v) is 3.02. The largest absolute Gasteiger partial charge is 0.382 e. The number of para-hydroxylation sites is 1. The van der Waals surface area contributed by atoms with E-state index in [1.165, 1.54) is 12.1 Å². The molecule has 0 spiro atoms. The van der Waals surface area contributed by atoms with Crippen LogP contribution in [0.1, 0.15) is 44.5 Å². The van der Waals surface area contributed by atoms with Crippen LogP contribution in [-0.2, 0) is 4.74 Å². The van der Waals surface area contributed by atoms with Gasteiger partial charge in [0.1, 0.15) is 5.82 Å². The minimum atomic E-state index is -0.450. The van der Waals surface area contributed by atoms with Gasteiger partial charge in [-0.2, -0.15) is 0 Å². The van der Waals surface area contributed by atoms with Gasteiger partial charge in [0.2, 0.25) is 0 Å². The zero-order chi connectivity index (χ0) is 15.9. The van der Waals surface area contributed by atoms with Gasteiger partial charge in [0.05, 0.1) is 16.9 Å². The van der Waals surface area contributed by atoms with Crippen molar-refractivity contribution in [2.45, 2.75) is 39.7 Å². The van der Waals surface area contributed by atoms with Crippen molar-refractivity contribution in [1.29, 1.82) is 0 Å². The maximum Gasteiger partial charge on any atom is 0.253 e. The van der Waals surface area contributed by atoms with Crippen LogP contribution in [-0.4, -0.2) is 31.2 Å². The Morgan fingerprint density at radius 3 is 2.67 bits per heavy atom. The van der Waals surface area contributed by atoms with Crippen molar-refractivity contribution in [3.63, 3.8) is 0 Å². The molecular weight excluding hydrogens is 271 g/mol. The van der Waals surface area contributed by atoms with Crippen LogP contribution in [0, 0.1) is 5.82 Å². The van der Waals surface area contributed by atoms with E-state index in [2.05, 4.69) is 10.6 Å². The van der Waals surface area contributed by atoms with E-state index in [1.54, 1.807) is 6.07 Å². The molecule has 0 aliphatic carbocycles. The van der Waals surface area contributed by atoms with Crippen LogP contribution in [0.15, 0.2) is 18.2 Å². The number of rotatable bonds is 8. The lowest BCUT2D eigenvalue weighted by Crippen LogP contribution is -2.40. The van der Waals surface area contributed by atoms with Crippen molar-refractivity contribution in [1.82, 2.24) is 5.32 Å². The van der Waals surface area contributed by atoms with E-state index in [0.717, 1.165) is 6.42 Å². The van der Waals surface area contributed by atoms with Crippen LogP contribution in [0.4, 0.5) is 10.1 Å². The molecule has 1 amide bonds. The van der Waals surface area contributed by atoms with Gasteiger partial charge in [0, 0.05) is 19.7 Å². The van der Waals surface area contributed by atoms with Crippen molar-refractivity contribution >= 4 is 11.6 Å². The predicted molar refractivity (Wildman–Crippen MR) is 83.2 cm³/mol. The van der Waals surface area contributed by atoms with E-state index in [-0.39, 0.29) is 11.6 Å². The molecule has 21 heavy (non-hydrogen) atoms. The van der Waals surface area contributed by atoms with Gasteiger partial charge in [-0.25, -0.2) is 4.39 Å². The Labute approximate surface area is 126 Å². The molecule has 0 bridgehead atoms. The van der Waals surface area contributed by atoms with E-state index >= 15 is 0 Å². The molecular formula is C16H25FN2O2. The molecule has 0 atom stereocenters. The number of hydrogen-bond donors (Lipinski definition) is 2. The minimum Gasteiger partial charge on any atom is -0.382 e. The van der Waals surface area contributed by atoms with Gasteiger partial charge in [-0.3, -0.25) is 4.79 Å². The molecule has 0 radical (unpaired) electrons. The average molecular weight is 296 g/mol. The number of benzene rings is 1. The summed E-state index contributed by atoms with van der Waals surface area (Å²) < 4.78 is 19.4. The molecule has 0 aliphatic heterocycles. The summed E-state index contributed by atoms with van der Waals surface area (Å²) in [5, 5.41) is 5.76. The van der Waals surface area contributed by atoms with Crippen LogP contribution in [0.5, 0.6) is 0 Å². The first-order valence-corrected chi connectivity index (χ1v) is 7.35. The van der Waals surface area contributed by atoms with Crippen molar-refractivity contribution in [3.05, 3.63) is 29.6 Å². The molecule has 0 fully saturated rings. The van der Waals surface area contributed by atoms with Gasteiger partial charge in [-0.15, -0.1) is 0 Å². The van der Waals surface area contributed by atoms with Crippen LogP contribution in [0.2, 0.25) is 0 Å². The standard InChI is InChI=1S/C16H25FN2O2/c1-5-10-18-14-12(8-7-9-13(14)17)15(20)19-11-16(3,4)21-6-2/h7-9,18H,5-6,10-11H2,1-4H3,(H,19,20). The molecule has 0 unspecified atom stereocenters. The normalized spacial score (nSPS) is 11.3. The number of amides is 1. The summed E-state index contributed by atoms with van der Waals surface area (Å²) >= 11 is 0. The number of halogens is 1. The van der Waals surface area contributed by atoms with Gasteiger partial charge in [0.15, 0.2) is 0 Å². The van der Waals surface area contributed by atoms with E-state index < -0.39 is 11.4 Å². The average Bonchev–Trinajstić information content (AvgIpc) is 2.43. The van der Waals surface area contributed by atoms with E-state index in [9.17, 15) is 9.18 Å². The Morgan fingerprint density at radius 2 is 2.05 bits per heavy atom. The second kappa shape index (κ2) is 7.98. The monoisotopic (exact) mass is 296 g/mol. The highest BCUT2D eigenvalue weighted by atomic mass is 19.1. The van der Waals surface area contributed by atoms with E-state index in [0.29, 0.717) is 25.3 Å². The maximum absolute atomic E-state index is 13.9. The number of anilines is 1. The maximum atomic E-state index is 13.9. The fourth-order valence-electron chi connectivity index (χ4n) is 1.97. The summed E-state index contributed by atoms with van der Waals surface area (Å²) in [5.74, 6) is -0.721. The van der Waals surface area contributed by atoms with Crippen molar-refractivity contribution < 1.29 is 13.9 Å². The number of hydrogen-bond acceptors (Lipinski definition) is 3. The first kappa shape index (κ1) is 17.4. The summed E-state index contributed by atoms with van der Waals surface area (Å²) in [6.07, 6.45) is 0.854. The number of ether oxygens (including phenoxy) is 1. The third-order valence-electron chi connectivity index (χ3n) is 3.02. The van der Waals surface area contributed by atoms with Crippen molar-refractivity contribution in [2.24, 2.45) is 0 Å². The molecule has 0 heterocycles. The fourth-order valence-corrected chi connectivity index (χ4v) is 1.97. The Hall–Kier alpha value is -1.62. The van der Waals surface area contributed by atoms with Gasteiger partial charge in [0.25, 0.3) is 5.91 Å². The predicted octanol–water partition coefficient (Wildman–Crippen LogP) is 3.19. The SMILES string of the molecule is CCCNc1c(F)cccc1C(=O)NCC(C)(C)OCC. The van der Waals surface area contributed by atoms with E-state index in [4.69, 9.17) is 4.74 Å². The van der Waals surface area contributed by atoms with Crippen LogP contribution < -0.4 is 10.6 Å². The smallest absolute Gasteiger partial charge is 0.253 e. The summed E-state index contributed by atoms with van der Waals surface area (Å²) in [6, 6.07) is 4.50. The zero-order valence-electron chi connectivity index (χ0n) is 13.3. The lowest BCUT2D eigenvalue weighted by atomic mass is 10.1. The molecule has 5 heteroatoms. The number of carbonyl (C=O) groups is 1. The molecule has 2 N–H and O–H groups in total. The first-order valence-electron chi connectivity index (χ1n) is 7.35. The Morgan fingerprint density at radius 1 is 1.33 bits per heavy atom. The summed E-state index contributed by atoms with van der Waals surface area (Å²) in [5.41, 5.74) is 0.121. The molecule has 1 aromatic carbocycles. The molecule has 0 aromatic heterocycles. The highest BCUT2D eigenvalue weighted by Gasteiger charge is 2.21. The van der Waals surface area contributed by atoms with Gasteiger partial charge in [-0.1, -0.05) is 13.0 Å². The van der Waals surface area contributed by atoms with Crippen LogP contribution in [0.3, 0.4) is 0 Å². The van der Waals surface area contributed by atoms with Gasteiger partial charge in [-0.05, 0) is 39.3 Å². The van der Waals surface area contributed by atoms with Gasteiger partial charge >= 0.3 is 0 Å². The fraction of sp³-hybridized carbons (Fsp3) is 0.562. The molecule has 0 saturated carbocycles. The molecule has 4 nitrogen and oxygen atoms in total. The molecule has 1 aromatic rings. The van der Waals surface area contributed by atoms with Gasteiger partial charge < -0.3 is 15.4 Å². The lowest BCUT2D eigenvalue weighted by Gasteiger charge is -2.25. The molecule has 0 aliphatic rings. The lowest BCUT2D eigenvalue weighted by molar-refractivity contribution is -0.00815. The number of carbonyl (C=O) groups excluding carboxylic acids is 1. The Bertz CT molecular complexity index is 475. The first-order chi connectivity index (χ1) is 9.91. The second-order valence-electron chi connectivity index (χ2n) is 5.46. The Balaban J connectivity index is 2.80. The van der Waals surface area contributed by atoms with E-state index in [1.807, 2.05) is 27.7 Å². The zero-order valence-corrected chi connectivity index (χ0v) is 13.3. The quantitative estimate of drug-likeness (QED) is 0.774. The summed E-state index contributed by atoms with van der Waals surface area (Å²) in [4.78, 5) is 12.3. The van der Waals surface area contributed by atoms with Crippen molar-refractivity contribution in [3.8, 4) is 0 Å². The third kappa shape index (κ3) is 5.34. The van der Waals surface area contributed by atoms with Crippen LogP contribution >= 0.6 is 0 Å². The molecule has 0 saturated heterocycles. The highest BCUT2D eigenvalue weighted by Crippen LogP contribution is 2.20. The number of nitrogens with one attached hydrogen (secondary N) is 2. The van der Waals surface area contributed by atoms with Crippen molar-refractivity contribution in [2.75, 3.05) is 25.0 Å². The summed E-state index contributed by atoms with van der Waals surface area (Å²) in [6.45, 7) is 9.25. The van der Waals surface area contributed by atoms with Crippen LogP contribution in [0.25, 0.3) is 0 Å².